The van der Waals surface area contributed by atoms with Crippen LogP contribution in [0.15, 0.2) is 18.2 Å². The molecule has 0 aromatic heterocycles. The zero-order valence-electron chi connectivity index (χ0n) is 7.40. The summed E-state index contributed by atoms with van der Waals surface area (Å²) < 4.78 is 13.1. The first-order valence-corrected chi connectivity index (χ1v) is 4.58. The minimum atomic E-state index is -0.271. The van der Waals surface area contributed by atoms with Gasteiger partial charge in [-0.15, -0.1) is 11.6 Å². The highest BCUT2D eigenvalue weighted by Gasteiger charge is 1.97. The molecule has 0 nitrogen and oxygen atoms in total. The predicted molar refractivity (Wildman–Crippen MR) is 53.4 cm³/mol. The number of halogens is 2. The Morgan fingerprint density at radius 2 is 2.23 bits per heavy atom. The summed E-state index contributed by atoms with van der Waals surface area (Å²) in [6, 6.07) is 4.89. The van der Waals surface area contributed by atoms with Gasteiger partial charge in [-0.05, 0) is 24.6 Å². The monoisotopic (exact) mass is 196 g/mol. The van der Waals surface area contributed by atoms with Crippen molar-refractivity contribution in [1.29, 1.82) is 0 Å². The molecule has 0 unspecified atom stereocenters. The zero-order chi connectivity index (χ0) is 9.68. The molecule has 0 aliphatic carbocycles. The van der Waals surface area contributed by atoms with Crippen LogP contribution in [0.5, 0.6) is 0 Å². The van der Waals surface area contributed by atoms with Crippen molar-refractivity contribution >= 4 is 11.6 Å². The van der Waals surface area contributed by atoms with E-state index in [0.29, 0.717) is 17.9 Å². The highest BCUT2D eigenvalue weighted by molar-refractivity contribution is 6.18. The predicted octanol–water partition coefficient (Wildman–Crippen LogP) is 3.11. The van der Waals surface area contributed by atoms with Crippen molar-refractivity contribution in [2.75, 3.05) is 5.88 Å². The second-order valence-electron chi connectivity index (χ2n) is 2.72. The van der Waals surface area contributed by atoms with E-state index in [1.165, 1.54) is 6.07 Å². The Kier molecular flexibility index (Phi) is 3.79. The molecule has 2 heteroatoms. The number of hydrogen-bond donors (Lipinski definition) is 0. The highest BCUT2D eigenvalue weighted by Crippen LogP contribution is 2.08. The van der Waals surface area contributed by atoms with Gasteiger partial charge in [0.1, 0.15) is 5.82 Å². The van der Waals surface area contributed by atoms with E-state index in [0.717, 1.165) is 5.56 Å². The summed E-state index contributed by atoms with van der Waals surface area (Å²) in [6.45, 7) is 1.91. The molecule has 0 spiro atoms. The quantitative estimate of drug-likeness (QED) is 0.478. The molecule has 0 N–H and O–H groups in total. The van der Waals surface area contributed by atoms with Gasteiger partial charge in [-0.1, -0.05) is 17.9 Å². The molecule has 0 fully saturated rings. The van der Waals surface area contributed by atoms with Gasteiger partial charge in [0.05, 0.1) is 5.56 Å². The smallest absolute Gasteiger partial charge is 0.138 e. The van der Waals surface area contributed by atoms with E-state index >= 15 is 0 Å². The van der Waals surface area contributed by atoms with Crippen LogP contribution in [-0.4, -0.2) is 5.88 Å². The number of rotatable bonds is 1. The first-order valence-electron chi connectivity index (χ1n) is 4.05. The molecule has 68 valence electrons. The minimum absolute atomic E-state index is 0.271. The Hall–Kier alpha value is -1.00. The van der Waals surface area contributed by atoms with Crippen LogP contribution in [0, 0.1) is 24.6 Å². The maximum absolute atomic E-state index is 13.1. The molecule has 0 amide bonds. The summed E-state index contributed by atoms with van der Waals surface area (Å²) >= 11 is 5.44. The van der Waals surface area contributed by atoms with Crippen molar-refractivity contribution in [1.82, 2.24) is 0 Å². The SMILES string of the molecule is Cc1ccc(F)c(C#CCCCl)c1. The number of hydrogen-bond acceptors (Lipinski definition) is 0. The lowest BCUT2D eigenvalue weighted by Crippen LogP contribution is -1.84. The maximum Gasteiger partial charge on any atom is 0.138 e. The van der Waals surface area contributed by atoms with E-state index in [2.05, 4.69) is 11.8 Å². The van der Waals surface area contributed by atoms with Crippen molar-refractivity contribution in [2.45, 2.75) is 13.3 Å². The molecule has 0 heterocycles. The Balaban J connectivity index is 2.89. The molecular formula is C11H10ClF. The molecule has 0 atom stereocenters. The summed E-state index contributed by atoms with van der Waals surface area (Å²) in [5.74, 6) is 5.76. The van der Waals surface area contributed by atoms with E-state index in [4.69, 9.17) is 11.6 Å². The molecule has 0 bridgehead atoms. The fourth-order valence-corrected chi connectivity index (χ4v) is 1.03. The third-order valence-corrected chi connectivity index (χ3v) is 1.75. The lowest BCUT2D eigenvalue weighted by atomic mass is 10.1. The van der Waals surface area contributed by atoms with Crippen LogP contribution in [0.4, 0.5) is 4.39 Å². The third-order valence-electron chi connectivity index (χ3n) is 1.56. The van der Waals surface area contributed by atoms with Crippen molar-refractivity contribution in [3.8, 4) is 11.8 Å². The molecule has 0 aliphatic rings. The van der Waals surface area contributed by atoms with Gasteiger partial charge in [0, 0.05) is 12.3 Å². The van der Waals surface area contributed by atoms with Gasteiger partial charge in [-0.25, -0.2) is 4.39 Å². The first-order chi connectivity index (χ1) is 6.24. The largest absolute Gasteiger partial charge is 0.206 e. The lowest BCUT2D eigenvalue weighted by Gasteiger charge is -1.95. The maximum atomic E-state index is 13.1. The summed E-state index contributed by atoms with van der Waals surface area (Å²) in [5.41, 5.74) is 1.46. The molecular weight excluding hydrogens is 187 g/mol. The molecule has 1 aromatic rings. The van der Waals surface area contributed by atoms with Crippen molar-refractivity contribution in [2.24, 2.45) is 0 Å². The van der Waals surface area contributed by atoms with Gasteiger partial charge in [0.25, 0.3) is 0 Å². The number of alkyl halides is 1. The van der Waals surface area contributed by atoms with E-state index in [-0.39, 0.29) is 5.82 Å². The average molecular weight is 197 g/mol. The van der Waals surface area contributed by atoms with Crippen molar-refractivity contribution < 1.29 is 4.39 Å². The Labute approximate surface area is 82.7 Å². The van der Waals surface area contributed by atoms with Gasteiger partial charge < -0.3 is 0 Å². The van der Waals surface area contributed by atoms with Crippen LogP contribution in [0.25, 0.3) is 0 Å². The van der Waals surface area contributed by atoms with Crippen LogP contribution in [0.1, 0.15) is 17.5 Å². The summed E-state index contributed by atoms with van der Waals surface area (Å²) in [4.78, 5) is 0. The van der Waals surface area contributed by atoms with Crippen LogP contribution < -0.4 is 0 Å². The van der Waals surface area contributed by atoms with Gasteiger partial charge in [-0.2, -0.15) is 0 Å². The van der Waals surface area contributed by atoms with Crippen LogP contribution in [0.3, 0.4) is 0 Å². The molecule has 0 aliphatic heterocycles. The van der Waals surface area contributed by atoms with Crippen molar-refractivity contribution in [3.63, 3.8) is 0 Å². The Morgan fingerprint density at radius 1 is 1.46 bits per heavy atom. The van der Waals surface area contributed by atoms with E-state index in [1.54, 1.807) is 12.1 Å². The van der Waals surface area contributed by atoms with E-state index in [1.807, 2.05) is 6.92 Å². The number of benzene rings is 1. The van der Waals surface area contributed by atoms with Crippen molar-refractivity contribution in [3.05, 3.63) is 35.1 Å². The molecule has 0 radical (unpaired) electrons. The molecule has 13 heavy (non-hydrogen) atoms. The average Bonchev–Trinajstić information content (AvgIpc) is 2.11. The van der Waals surface area contributed by atoms with Crippen LogP contribution in [-0.2, 0) is 0 Å². The molecule has 0 saturated carbocycles. The first kappa shape index (κ1) is 10.1. The van der Waals surface area contributed by atoms with Gasteiger partial charge >= 0.3 is 0 Å². The lowest BCUT2D eigenvalue weighted by molar-refractivity contribution is 0.624. The standard InChI is InChI=1S/C11H10ClF/c1-9-5-6-11(13)10(8-9)4-2-3-7-12/h5-6,8H,3,7H2,1H3. The van der Waals surface area contributed by atoms with Gasteiger partial charge in [-0.3, -0.25) is 0 Å². The zero-order valence-corrected chi connectivity index (χ0v) is 8.16. The summed E-state index contributed by atoms with van der Waals surface area (Å²) in [5, 5.41) is 0. The molecule has 1 rings (SSSR count). The van der Waals surface area contributed by atoms with Crippen LogP contribution >= 0.6 is 11.6 Å². The Bertz CT molecular complexity index is 347. The normalized spacial score (nSPS) is 9.15. The Morgan fingerprint density at radius 3 is 2.92 bits per heavy atom. The second kappa shape index (κ2) is 4.89. The fraction of sp³-hybridized carbons (Fsp3) is 0.273. The van der Waals surface area contributed by atoms with E-state index in [9.17, 15) is 4.39 Å². The summed E-state index contributed by atoms with van der Waals surface area (Å²) in [7, 11) is 0. The highest BCUT2D eigenvalue weighted by atomic mass is 35.5. The fourth-order valence-electron chi connectivity index (χ4n) is 0.940. The van der Waals surface area contributed by atoms with Gasteiger partial charge in [0.2, 0.25) is 0 Å². The van der Waals surface area contributed by atoms with Gasteiger partial charge in [0.15, 0.2) is 0 Å². The topological polar surface area (TPSA) is 0 Å². The van der Waals surface area contributed by atoms with Crippen LogP contribution in [0.2, 0.25) is 0 Å². The third kappa shape index (κ3) is 3.08. The minimum Gasteiger partial charge on any atom is -0.206 e. The molecule has 1 aromatic carbocycles. The molecule has 0 saturated heterocycles. The second-order valence-corrected chi connectivity index (χ2v) is 3.10. The van der Waals surface area contributed by atoms with E-state index < -0.39 is 0 Å². The number of aryl methyl sites for hydroxylation is 1. The summed E-state index contributed by atoms with van der Waals surface area (Å²) in [6.07, 6.45) is 0.592.